The SMILES string of the molecule is CCNC(=NCC1CCCN1CCOC)NC1CCC(SC)C1.I. The monoisotopic (exact) mass is 470 g/mol. The maximum Gasteiger partial charge on any atom is 0.191 e. The summed E-state index contributed by atoms with van der Waals surface area (Å²) < 4.78 is 5.22. The van der Waals surface area contributed by atoms with Gasteiger partial charge in [0, 0.05) is 37.5 Å². The number of methoxy groups -OCH3 is 1. The molecule has 1 aliphatic carbocycles. The van der Waals surface area contributed by atoms with Crippen LogP contribution < -0.4 is 10.6 Å². The van der Waals surface area contributed by atoms with Crippen LogP contribution in [-0.2, 0) is 4.74 Å². The third-order valence-electron chi connectivity index (χ3n) is 4.94. The molecule has 1 aliphatic heterocycles. The predicted molar refractivity (Wildman–Crippen MR) is 116 cm³/mol. The van der Waals surface area contributed by atoms with Crippen LogP contribution in [0.5, 0.6) is 0 Å². The molecule has 3 atom stereocenters. The van der Waals surface area contributed by atoms with E-state index in [0.29, 0.717) is 12.1 Å². The normalized spacial score (nSPS) is 28.0. The Bertz CT molecular complexity index is 372. The molecule has 7 heteroatoms. The van der Waals surface area contributed by atoms with Crippen molar-refractivity contribution in [2.45, 2.75) is 56.4 Å². The molecule has 2 aliphatic rings. The minimum Gasteiger partial charge on any atom is -0.383 e. The lowest BCUT2D eigenvalue weighted by Crippen LogP contribution is -2.43. The zero-order valence-corrected chi connectivity index (χ0v) is 18.6. The van der Waals surface area contributed by atoms with Gasteiger partial charge < -0.3 is 15.4 Å². The maximum absolute atomic E-state index is 5.22. The number of thioether (sulfide) groups is 1. The van der Waals surface area contributed by atoms with Gasteiger partial charge in [-0.15, -0.1) is 24.0 Å². The average molecular weight is 470 g/mol. The fourth-order valence-electron chi connectivity index (χ4n) is 3.60. The molecule has 5 nitrogen and oxygen atoms in total. The highest BCUT2D eigenvalue weighted by atomic mass is 127. The molecule has 142 valence electrons. The fraction of sp³-hybridized carbons (Fsp3) is 0.941. The highest BCUT2D eigenvalue weighted by Crippen LogP contribution is 2.28. The van der Waals surface area contributed by atoms with Gasteiger partial charge in [0.2, 0.25) is 0 Å². The largest absolute Gasteiger partial charge is 0.383 e. The molecule has 3 unspecified atom stereocenters. The molecule has 0 bridgehead atoms. The Kier molecular flexibility index (Phi) is 11.7. The van der Waals surface area contributed by atoms with E-state index in [1.165, 1.54) is 38.6 Å². The highest BCUT2D eigenvalue weighted by Gasteiger charge is 2.26. The first-order valence-electron chi connectivity index (χ1n) is 9.07. The van der Waals surface area contributed by atoms with Gasteiger partial charge in [-0.05, 0) is 51.8 Å². The zero-order valence-electron chi connectivity index (χ0n) is 15.4. The smallest absolute Gasteiger partial charge is 0.191 e. The van der Waals surface area contributed by atoms with E-state index in [-0.39, 0.29) is 24.0 Å². The standard InChI is InChI=1S/C17H34N4OS.HI/c1-4-18-17(20-14-7-8-16(12-14)23-3)19-13-15-6-5-9-21(15)10-11-22-2;/h14-16H,4-13H2,1-3H3,(H2,18,19,20);1H. The second kappa shape index (κ2) is 12.6. The van der Waals surface area contributed by atoms with E-state index in [1.54, 1.807) is 7.11 Å². The molecule has 1 saturated carbocycles. The summed E-state index contributed by atoms with van der Waals surface area (Å²) in [6, 6.07) is 1.15. The summed E-state index contributed by atoms with van der Waals surface area (Å²) in [6.07, 6.45) is 8.61. The van der Waals surface area contributed by atoms with Gasteiger partial charge >= 0.3 is 0 Å². The van der Waals surface area contributed by atoms with Crippen LogP contribution in [0.3, 0.4) is 0 Å². The Morgan fingerprint density at radius 2 is 2.17 bits per heavy atom. The first-order chi connectivity index (χ1) is 11.3. The number of nitrogens with zero attached hydrogens (tertiary/aromatic N) is 2. The quantitative estimate of drug-likeness (QED) is 0.325. The molecular weight excluding hydrogens is 435 g/mol. The lowest BCUT2D eigenvalue weighted by molar-refractivity contribution is 0.142. The molecule has 0 aromatic carbocycles. The fourth-order valence-corrected chi connectivity index (χ4v) is 4.40. The van der Waals surface area contributed by atoms with Crippen molar-refractivity contribution in [2.75, 3.05) is 46.2 Å². The molecule has 2 N–H and O–H groups in total. The number of ether oxygens (including phenoxy) is 1. The van der Waals surface area contributed by atoms with Crippen molar-refractivity contribution in [3.05, 3.63) is 0 Å². The number of hydrogen-bond acceptors (Lipinski definition) is 4. The minimum atomic E-state index is 0. The molecule has 2 rings (SSSR count). The van der Waals surface area contributed by atoms with Gasteiger partial charge in [-0.25, -0.2) is 0 Å². The molecule has 0 aromatic rings. The van der Waals surface area contributed by atoms with Crippen molar-refractivity contribution in [2.24, 2.45) is 4.99 Å². The third-order valence-corrected chi connectivity index (χ3v) is 6.04. The molecule has 2 fully saturated rings. The number of likely N-dealkylation sites (tertiary alicyclic amines) is 1. The summed E-state index contributed by atoms with van der Waals surface area (Å²) in [7, 11) is 1.78. The Labute approximate surface area is 169 Å². The van der Waals surface area contributed by atoms with Crippen molar-refractivity contribution >= 4 is 41.7 Å². The van der Waals surface area contributed by atoms with Crippen LogP contribution in [0.1, 0.15) is 39.0 Å². The van der Waals surface area contributed by atoms with Gasteiger partial charge in [-0.2, -0.15) is 11.8 Å². The number of aliphatic imine (C=N–C) groups is 1. The molecular formula is C17H35IN4OS. The van der Waals surface area contributed by atoms with E-state index in [9.17, 15) is 0 Å². The summed E-state index contributed by atoms with van der Waals surface area (Å²) in [5, 5.41) is 7.87. The number of guanidine groups is 1. The average Bonchev–Trinajstić information content (AvgIpc) is 3.19. The number of hydrogen-bond donors (Lipinski definition) is 2. The molecule has 0 amide bonds. The van der Waals surface area contributed by atoms with E-state index >= 15 is 0 Å². The van der Waals surface area contributed by atoms with E-state index < -0.39 is 0 Å². The lowest BCUT2D eigenvalue weighted by Gasteiger charge is -2.23. The van der Waals surface area contributed by atoms with Crippen molar-refractivity contribution in [1.29, 1.82) is 0 Å². The van der Waals surface area contributed by atoms with Gasteiger partial charge in [-0.1, -0.05) is 0 Å². The summed E-state index contributed by atoms with van der Waals surface area (Å²) in [6.45, 7) is 6.97. The van der Waals surface area contributed by atoms with Gasteiger partial charge in [0.15, 0.2) is 5.96 Å². The van der Waals surface area contributed by atoms with Gasteiger partial charge in [-0.3, -0.25) is 9.89 Å². The van der Waals surface area contributed by atoms with Crippen LogP contribution in [-0.4, -0.2) is 74.3 Å². The number of rotatable bonds is 8. The van der Waals surface area contributed by atoms with Crippen LogP contribution in [0.25, 0.3) is 0 Å². The molecule has 1 heterocycles. The van der Waals surface area contributed by atoms with Gasteiger partial charge in [0.1, 0.15) is 0 Å². The Morgan fingerprint density at radius 3 is 2.83 bits per heavy atom. The predicted octanol–water partition coefficient (Wildman–Crippen LogP) is 2.55. The van der Waals surface area contributed by atoms with Gasteiger partial charge in [0.05, 0.1) is 13.2 Å². The Morgan fingerprint density at radius 1 is 1.33 bits per heavy atom. The van der Waals surface area contributed by atoms with E-state index in [1.807, 2.05) is 11.8 Å². The summed E-state index contributed by atoms with van der Waals surface area (Å²) in [4.78, 5) is 7.40. The second-order valence-electron chi connectivity index (χ2n) is 6.56. The lowest BCUT2D eigenvalue weighted by atomic mass is 10.2. The maximum atomic E-state index is 5.22. The van der Waals surface area contributed by atoms with Crippen LogP contribution in [0.15, 0.2) is 4.99 Å². The molecule has 1 saturated heterocycles. The van der Waals surface area contributed by atoms with Crippen molar-refractivity contribution in [3.8, 4) is 0 Å². The first kappa shape index (κ1) is 22.3. The van der Waals surface area contributed by atoms with E-state index in [4.69, 9.17) is 9.73 Å². The zero-order chi connectivity index (χ0) is 16.5. The Balaban J connectivity index is 0.00000288. The first-order valence-corrected chi connectivity index (χ1v) is 10.4. The summed E-state index contributed by atoms with van der Waals surface area (Å²) in [5.41, 5.74) is 0. The number of nitrogens with one attached hydrogen (secondary N) is 2. The molecule has 0 radical (unpaired) electrons. The third kappa shape index (κ3) is 7.25. The summed E-state index contributed by atoms with van der Waals surface area (Å²) >= 11 is 2.00. The van der Waals surface area contributed by atoms with Crippen LogP contribution in [0.2, 0.25) is 0 Å². The van der Waals surface area contributed by atoms with Crippen LogP contribution >= 0.6 is 35.7 Å². The molecule has 0 spiro atoms. The molecule has 24 heavy (non-hydrogen) atoms. The highest BCUT2D eigenvalue weighted by molar-refractivity contribution is 14.0. The van der Waals surface area contributed by atoms with Gasteiger partial charge in [0.25, 0.3) is 0 Å². The second-order valence-corrected chi connectivity index (χ2v) is 7.69. The van der Waals surface area contributed by atoms with E-state index in [2.05, 4.69) is 28.7 Å². The molecule has 0 aromatic heterocycles. The topological polar surface area (TPSA) is 48.9 Å². The summed E-state index contributed by atoms with van der Waals surface area (Å²) in [5.74, 6) is 0.998. The van der Waals surface area contributed by atoms with E-state index in [0.717, 1.165) is 37.5 Å². The van der Waals surface area contributed by atoms with Crippen LogP contribution in [0, 0.1) is 0 Å². The van der Waals surface area contributed by atoms with Crippen molar-refractivity contribution < 1.29 is 4.74 Å². The van der Waals surface area contributed by atoms with Crippen molar-refractivity contribution in [3.63, 3.8) is 0 Å². The van der Waals surface area contributed by atoms with Crippen molar-refractivity contribution in [1.82, 2.24) is 15.5 Å². The van der Waals surface area contributed by atoms with Crippen LogP contribution in [0.4, 0.5) is 0 Å². The minimum absolute atomic E-state index is 0. The Hall–Kier alpha value is 0.270. The number of halogens is 1.